The lowest BCUT2D eigenvalue weighted by Gasteiger charge is -2.11. The number of aliphatic hydroxyl groups is 1. The average Bonchev–Trinajstić information content (AvgIpc) is 2.70. The molecule has 30 heavy (non-hydrogen) atoms. The van der Waals surface area contributed by atoms with Crippen molar-refractivity contribution in [2.75, 3.05) is 5.32 Å². The summed E-state index contributed by atoms with van der Waals surface area (Å²) in [6.07, 6.45) is 3.42. The van der Waals surface area contributed by atoms with E-state index in [1.54, 1.807) is 54.2 Å². The molecule has 1 heterocycles. The van der Waals surface area contributed by atoms with E-state index in [1.165, 1.54) is 18.2 Å². The number of anilines is 1. The Kier molecular flexibility index (Phi) is 6.17. The van der Waals surface area contributed by atoms with E-state index in [2.05, 4.69) is 5.32 Å². The van der Waals surface area contributed by atoms with Crippen molar-refractivity contribution in [3.05, 3.63) is 99.6 Å². The highest BCUT2D eigenvalue weighted by Gasteiger charge is 2.26. The van der Waals surface area contributed by atoms with E-state index in [-0.39, 0.29) is 33.4 Å². The third kappa shape index (κ3) is 4.49. The molecule has 8 heteroatoms. The number of aryl methyl sites for hydroxylation is 2. The fraction of sp³-hybridized carbons (Fsp3) is 0.0909. The van der Waals surface area contributed by atoms with E-state index in [0.717, 1.165) is 5.56 Å². The van der Waals surface area contributed by atoms with Crippen molar-refractivity contribution in [1.29, 1.82) is 0 Å². The van der Waals surface area contributed by atoms with Crippen LogP contribution in [0.5, 0.6) is 0 Å². The van der Waals surface area contributed by atoms with Crippen LogP contribution in [0.1, 0.15) is 16.7 Å². The second kappa shape index (κ2) is 8.79. The van der Waals surface area contributed by atoms with Crippen LogP contribution in [0.3, 0.4) is 0 Å². The van der Waals surface area contributed by atoms with E-state index >= 15 is 0 Å². The number of nitro groups is 1. The summed E-state index contributed by atoms with van der Waals surface area (Å²) in [5.74, 6) is -0.776. The minimum atomic E-state index is -0.512. The highest BCUT2D eigenvalue weighted by molar-refractivity contribution is 7.81. The summed E-state index contributed by atoms with van der Waals surface area (Å²) in [5.41, 5.74) is 1.76. The van der Waals surface area contributed by atoms with E-state index in [4.69, 9.17) is 12.2 Å². The van der Waals surface area contributed by atoms with Gasteiger partial charge in [-0.05, 0) is 32.0 Å². The first-order valence-electron chi connectivity index (χ1n) is 9.00. The lowest BCUT2D eigenvalue weighted by molar-refractivity contribution is -0.576. The van der Waals surface area contributed by atoms with Gasteiger partial charge in [-0.25, -0.2) is 4.39 Å². The van der Waals surface area contributed by atoms with E-state index in [9.17, 15) is 19.6 Å². The molecule has 0 unspecified atom stereocenters. The summed E-state index contributed by atoms with van der Waals surface area (Å²) in [5, 5.41) is 25.2. The molecule has 3 rings (SSSR count). The molecule has 0 amide bonds. The molecule has 0 atom stereocenters. The highest BCUT2D eigenvalue weighted by Crippen LogP contribution is 2.26. The molecule has 0 aliphatic carbocycles. The summed E-state index contributed by atoms with van der Waals surface area (Å²) >= 11 is 5.48. The molecular formula is C22H19FN3O3S+. The summed E-state index contributed by atoms with van der Waals surface area (Å²) in [6.45, 7) is 3.48. The molecule has 152 valence electrons. The number of aliphatic hydroxyl groups excluding tert-OH is 1. The number of nitrogens with one attached hydrogen (secondary N) is 1. The molecule has 3 aromatic rings. The quantitative estimate of drug-likeness (QED) is 0.151. The third-order valence-corrected chi connectivity index (χ3v) is 4.74. The molecule has 0 aliphatic rings. The van der Waals surface area contributed by atoms with E-state index in [1.807, 2.05) is 13.0 Å². The first-order chi connectivity index (χ1) is 14.3. The van der Waals surface area contributed by atoms with Gasteiger partial charge >= 0.3 is 0 Å². The Bertz CT molecular complexity index is 1180. The largest absolute Gasteiger partial charge is 0.502 e. The zero-order valence-electron chi connectivity index (χ0n) is 16.3. The monoisotopic (exact) mass is 424 g/mol. The fourth-order valence-corrected chi connectivity index (χ4v) is 3.23. The molecular weight excluding hydrogens is 405 g/mol. The van der Waals surface area contributed by atoms with Crippen LogP contribution >= 0.6 is 12.2 Å². The highest BCUT2D eigenvalue weighted by atomic mass is 32.1. The average molecular weight is 424 g/mol. The number of benzene rings is 2. The predicted octanol–water partition coefficient (Wildman–Crippen LogP) is 4.96. The van der Waals surface area contributed by atoms with Crippen LogP contribution in [0.2, 0.25) is 0 Å². The van der Waals surface area contributed by atoms with Crippen LogP contribution in [0, 0.1) is 29.8 Å². The zero-order valence-corrected chi connectivity index (χ0v) is 17.1. The van der Waals surface area contributed by atoms with Crippen molar-refractivity contribution in [3.63, 3.8) is 0 Å². The minimum Gasteiger partial charge on any atom is -0.502 e. The normalized spacial score (nSPS) is 11.6. The molecule has 2 N–H and O–H groups in total. The van der Waals surface area contributed by atoms with Gasteiger partial charge in [0.15, 0.2) is 23.1 Å². The van der Waals surface area contributed by atoms with Crippen molar-refractivity contribution in [2.24, 2.45) is 0 Å². The number of para-hydroxylation sites is 1. The first-order valence-corrected chi connectivity index (χ1v) is 9.41. The zero-order chi connectivity index (χ0) is 21.8. The molecule has 0 radical (unpaired) electrons. The molecule has 0 saturated heterocycles. The summed E-state index contributed by atoms with van der Waals surface area (Å²) in [4.78, 5) is 10.9. The standard InChI is InChI=1S/C22H18FN3O3S/c1-14-6-5-11-25(13-14)20(22(30)24-18-8-4-3-7-17(18)23)21(27)16-10-9-15(2)19(12-16)26(28)29/h3-13H,1-2H3,(H-,24,27,30)/p+1. The molecule has 0 fully saturated rings. The molecule has 2 aromatic carbocycles. The lowest BCUT2D eigenvalue weighted by atomic mass is 10.1. The minimum absolute atomic E-state index is 0.0522. The number of halogens is 1. The second-order valence-electron chi connectivity index (χ2n) is 6.68. The van der Waals surface area contributed by atoms with Gasteiger partial charge < -0.3 is 10.4 Å². The second-order valence-corrected chi connectivity index (χ2v) is 7.09. The Labute approximate surface area is 178 Å². The van der Waals surface area contributed by atoms with Crippen LogP contribution in [0.25, 0.3) is 11.5 Å². The number of rotatable bonds is 5. The maximum atomic E-state index is 14.1. The molecule has 0 spiro atoms. The van der Waals surface area contributed by atoms with Gasteiger partial charge in [0.2, 0.25) is 0 Å². The molecule has 0 aliphatic heterocycles. The third-order valence-electron chi connectivity index (χ3n) is 4.45. The Morgan fingerprint density at radius 3 is 2.57 bits per heavy atom. The maximum Gasteiger partial charge on any atom is 0.288 e. The van der Waals surface area contributed by atoms with Gasteiger partial charge in [-0.15, -0.1) is 0 Å². The van der Waals surface area contributed by atoms with Gasteiger partial charge in [0, 0.05) is 28.8 Å². The van der Waals surface area contributed by atoms with Crippen LogP contribution < -0.4 is 9.88 Å². The van der Waals surface area contributed by atoms with Crippen LogP contribution in [0.4, 0.5) is 15.8 Å². The topological polar surface area (TPSA) is 79.3 Å². The van der Waals surface area contributed by atoms with E-state index < -0.39 is 10.7 Å². The fourth-order valence-electron chi connectivity index (χ4n) is 2.91. The van der Waals surface area contributed by atoms with Gasteiger partial charge in [-0.1, -0.05) is 36.5 Å². The smallest absolute Gasteiger partial charge is 0.288 e. The van der Waals surface area contributed by atoms with Crippen molar-refractivity contribution >= 4 is 40.0 Å². The molecule has 1 aromatic heterocycles. The first kappa shape index (κ1) is 21.1. The van der Waals surface area contributed by atoms with E-state index in [0.29, 0.717) is 5.56 Å². The Balaban J connectivity index is 2.16. The van der Waals surface area contributed by atoms with Crippen LogP contribution in [0.15, 0.2) is 67.0 Å². The van der Waals surface area contributed by atoms with Crippen molar-refractivity contribution in [1.82, 2.24) is 0 Å². The van der Waals surface area contributed by atoms with Crippen molar-refractivity contribution in [3.8, 4) is 0 Å². The van der Waals surface area contributed by atoms with Gasteiger partial charge in [-0.3, -0.25) is 10.1 Å². The Hall–Kier alpha value is -3.65. The Morgan fingerprint density at radius 1 is 1.17 bits per heavy atom. The van der Waals surface area contributed by atoms with Gasteiger partial charge in [-0.2, -0.15) is 4.57 Å². The number of nitrogens with zero attached hydrogens (tertiary/aromatic N) is 2. The molecule has 0 bridgehead atoms. The number of nitro benzene ring substituents is 1. The lowest BCUT2D eigenvalue weighted by Crippen LogP contribution is -2.38. The molecule has 0 saturated carbocycles. The predicted molar refractivity (Wildman–Crippen MR) is 118 cm³/mol. The number of thiocarbonyl (C=S) groups is 1. The van der Waals surface area contributed by atoms with Crippen LogP contribution in [-0.2, 0) is 0 Å². The van der Waals surface area contributed by atoms with Gasteiger partial charge in [0.05, 0.1) is 10.6 Å². The van der Waals surface area contributed by atoms with Gasteiger partial charge in [0.1, 0.15) is 5.82 Å². The Morgan fingerprint density at radius 2 is 1.90 bits per heavy atom. The van der Waals surface area contributed by atoms with Gasteiger partial charge in [0.25, 0.3) is 11.4 Å². The number of aromatic nitrogens is 1. The summed E-state index contributed by atoms with van der Waals surface area (Å²) in [7, 11) is 0. The number of hydrogen-bond donors (Lipinski definition) is 2. The summed E-state index contributed by atoms with van der Waals surface area (Å²) < 4.78 is 15.7. The summed E-state index contributed by atoms with van der Waals surface area (Å²) in [6, 6.07) is 14.1. The maximum absolute atomic E-state index is 14.1. The SMILES string of the molecule is Cc1ccc[n+](/C(C(=S)Nc2ccccc2F)=C(/O)c2ccc(C)c([N+](=O)[O-])c2)c1. The van der Waals surface area contributed by atoms with Crippen molar-refractivity contribution < 1.29 is 19.0 Å². The molecule has 6 nitrogen and oxygen atoms in total. The van der Waals surface area contributed by atoms with Crippen molar-refractivity contribution in [2.45, 2.75) is 13.8 Å². The number of pyridine rings is 1. The van der Waals surface area contributed by atoms with Crippen LogP contribution in [-0.4, -0.2) is 15.0 Å². The number of hydrogen-bond acceptors (Lipinski definition) is 4.